The van der Waals surface area contributed by atoms with Crippen LogP contribution in [0.15, 0.2) is 46.1 Å². The van der Waals surface area contributed by atoms with Gasteiger partial charge in [0.15, 0.2) is 0 Å². The Bertz CT molecular complexity index is 1450. The molecule has 1 aromatic carbocycles. The first-order chi connectivity index (χ1) is 14.6. The van der Waals surface area contributed by atoms with Gasteiger partial charge in [-0.05, 0) is 23.1 Å². The fraction of sp³-hybridized carbons (Fsp3) is 0.304. The molecule has 31 heavy (non-hydrogen) atoms. The van der Waals surface area contributed by atoms with Crippen molar-refractivity contribution in [3.05, 3.63) is 73.4 Å². The summed E-state index contributed by atoms with van der Waals surface area (Å²) in [6.45, 7) is 6.35. The molecule has 0 spiro atoms. The van der Waals surface area contributed by atoms with Crippen molar-refractivity contribution < 1.29 is 9.90 Å². The van der Waals surface area contributed by atoms with Crippen LogP contribution < -0.4 is 11.2 Å². The highest BCUT2D eigenvalue weighted by Gasteiger charge is 2.27. The minimum atomic E-state index is -1.17. The number of benzene rings is 1. The van der Waals surface area contributed by atoms with Gasteiger partial charge in [0.05, 0.1) is 16.5 Å². The molecule has 1 N–H and O–H groups in total. The predicted molar refractivity (Wildman–Crippen MR) is 122 cm³/mol. The molecule has 4 rings (SSSR count). The first kappa shape index (κ1) is 21.0. The van der Waals surface area contributed by atoms with Crippen LogP contribution in [0.2, 0.25) is 0 Å². The third kappa shape index (κ3) is 3.67. The zero-order valence-electron chi connectivity index (χ0n) is 17.8. The summed E-state index contributed by atoms with van der Waals surface area (Å²) in [6, 6.07) is 9.51. The molecule has 160 valence electrons. The molecule has 8 heteroatoms. The predicted octanol–water partition coefficient (Wildman–Crippen LogP) is 3.65. The first-order valence-corrected chi connectivity index (χ1v) is 10.7. The highest BCUT2D eigenvalue weighted by molar-refractivity contribution is 7.19. The lowest BCUT2D eigenvalue weighted by Gasteiger charge is -2.20. The van der Waals surface area contributed by atoms with E-state index in [4.69, 9.17) is 0 Å². The van der Waals surface area contributed by atoms with Gasteiger partial charge in [0.2, 0.25) is 0 Å². The van der Waals surface area contributed by atoms with Crippen molar-refractivity contribution in [1.29, 1.82) is 0 Å². The maximum absolute atomic E-state index is 13.0. The number of para-hydroxylation sites is 1. The van der Waals surface area contributed by atoms with Crippen LogP contribution in [0.3, 0.4) is 0 Å². The van der Waals surface area contributed by atoms with Crippen LogP contribution in [-0.4, -0.2) is 25.2 Å². The van der Waals surface area contributed by atoms with Crippen molar-refractivity contribution in [2.45, 2.75) is 33.7 Å². The fourth-order valence-electron chi connectivity index (χ4n) is 3.82. The summed E-state index contributed by atoms with van der Waals surface area (Å²) in [6.07, 6.45) is 2.02. The molecule has 0 saturated carbocycles. The quantitative estimate of drug-likeness (QED) is 0.526. The number of aromatic carboxylic acids is 1. The van der Waals surface area contributed by atoms with Gasteiger partial charge >= 0.3 is 11.7 Å². The van der Waals surface area contributed by atoms with Gasteiger partial charge in [0.1, 0.15) is 4.83 Å². The number of nitrogens with zero attached hydrogens (tertiary/aromatic N) is 3. The molecule has 4 aromatic rings. The van der Waals surface area contributed by atoms with Crippen LogP contribution >= 0.6 is 11.3 Å². The largest absolute Gasteiger partial charge is 0.478 e. The van der Waals surface area contributed by atoms with Crippen molar-refractivity contribution in [3.63, 3.8) is 0 Å². The number of pyridine rings is 1. The molecule has 0 aliphatic rings. The van der Waals surface area contributed by atoms with Crippen molar-refractivity contribution in [1.82, 2.24) is 14.1 Å². The Morgan fingerprint density at radius 2 is 1.87 bits per heavy atom. The van der Waals surface area contributed by atoms with Crippen molar-refractivity contribution in [2.24, 2.45) is 12.5 Å². The maximum Gasteiger partial charge on any atom is 0.337 e. The SMILES string of the molecule is Cn1c(=O)c2c(C(=O)O)c(Cc3ccnc4ccccc34)sc2n(CC(C)(C)C)c1=O. The Morgan fingerprint density at radius 1 is 1.16 bits per heavy atom. The van der Waals surface area contributed by atoms with Crippen LogP contribution in [0.25, 0.3) is 21.1 Å². The standard InChI is InChI=1S/C23H23N3O4S/c1-23(2,3)12-26-20-18(19(27)25(4)22(26)30)17(21(28)29)16(31-20)11-13-9-10-24-15-8-6-5-7-14(13)15/h5-10H,11-12H2,1-4H3,(H,28,29). The highest BCUT2D eigenvalue weighted by Crippen LogP contribution is 2.33. The third-order valence-electron chi connectivity index (χ3n) is 5.18. The molecule has 0 saturated heterocycles. The Labute approximate surface area is 182 Å². The molecule has 0 atom stereocenters. The van der Waals surface area contributed by atoms with E-state index in [1.807, 2.05) is 51.1 Å². The van der Waals surface area contributed by atoms with Gasteiger partial charge in [-0.15, -0.1) is 11.3 Å². The molecule has 0 aliphatic carbocycles. The summed E-state index contributed by atoms with van der Waals surface area (Å²) in [4.78, 5) is 43.4. The molecule has 0 fully saturated rings. The van der Waals surface area contributed by atoms with Gasteiger partial charge in [-0.1, -0.05) is 39.0 Å². The third-order valence-corrected chi connectivity index (χ3v) is 6.39. The van der Waals surface area contributed by atoms with E-state index in [1.54, 1.807) is 6.20 Å². The fourth-order valence-corrected chi connectivity index (χ4v) is 5.12. The summed E-state index contributed by atoms with van der Waals surface area (Å²) >= 11 is 1.21. The molecule has 0 aliphatic heterocycles. The van der Waals surface area contributed by atoms with Crippen molar-refractivity contribution in [2.75, 3.05) is 0 Å². The van der Waals surface area contributed by atoms with Crippen LogP contribution in [0.5, 0.6) is 0 Å². The van der Waals surface area contributed by atoms with E-state index < -0.39 is 17.2 Å². The average Bonchev–Trinajstić information content (AvgIpc) is 3.08. The zero-order valence-corrected chi connectivity index (χ0v) is 18.6. The minimum absolute atomic E-state index is 0.0239. The monoisotopic (exact) mass is 437 g/mol. The number of rotatable bonds is 4. The van der Waals surface area contributed by atoms with E-state index >= 15 is 0 Å². The summed E-state index contributed by atoms with van der Waals surface area (Å²) < 4.78 is 2.53. The van der Waals surface area contributed by atoms with Crippen molar-refractivity contribution in [3.8, 4) is 0 Å². The van der Waals surface area contributed by atoms with E-state index in [9.17, 15) is 19.5 Å². The molecule has 3 heterocycles. The van der Waals surface area contributed by atoms with E-state index in [2.05, 4.69) is 4.98 Å². The summed E-state index contributed by atoms with van der Waals surface area (Å²) in [5, 5.41) is 11.0. The number of carbonyl (C=O) groups is 1. The number of aromatic nitrogens is 3. The van der Waals surface area contributed by atoms with Gasteiger partial charge < -0.3 is 5.11 Å². The molecular weight excluding hydrogens is 414 g/mol. The van der Waals surface area contributed by atoms with E-state index in [-0.39, 0.29) is 16.4 Å². The van der Waals surface area contributed by atoms with E-state index in [0.717, 1.165) is 21.0 Å². The highest BCUT2D eigenvalue weighted by atomic mass is 32.1. The molecule has 3 aromatic heterocycles. The molecule has 0 unspecified atom stereocenters. The normalized spacial score (nSPS) is 12.0. The average molecular weight is 438 g/mol. The minimum Gasteiger partial charge on any atom is -0.478 e. The number of carboxylic acids is 1. The summed E-state index contributed by atoms with van der Waals surface area (Å²) in [7, 11) is 1.39. The Hall–Kier alpha value is -3.26. The lowest BCUT2D eigenvalue weighted by Crippen LogP contribution is -2.40. The maximum atomic E-state index is 13.0. The second kappa shape index (κ2) is 7.46. The van der Waals surface area contributed by atoms with Crippen LogP contribution in [0, 0.1) is 5.41 Å². The van der Waals surface area contributed by atoms with Crippen molar-refractivity contribution >= 4 is 38.4 Å². The lowest BCUT2D eigenvalue weighted by molar-refractivity contribution is 0.0698. The number of hydrogen-bond donors (Lipinski definition) is 1. The van der Waals surface area contributed by atoms with Crippen LogP contribution in [-0.2, 0) is 20.0 Å². The van der Waals surface area contributed by atoms with Gasteiger partial charge in [-0.25, -0.2) is 9.59 Å². The summed E-state index contributed by atoms with van der Waals surface area (Å²) in [5.41, 5.74) is 0.461. The number of fused-ring (bicyclic) bond motifs is 2. The second-order valence-corrected chi connectivity index (χ2v) is 9.93. The zero-order chi connectivity index (χ0) is 22.5. The number of carboxylic acid groups (broad SMARTS) is 1. The summed E-state index contributed by atoms with van der Waals surface area (Å²) in [5.74, 6) is -1.17. The van der Waals surface area contributed by atoms with Gasteiger partial charge in [0.25, 0.3) is 5.56 Å². The van der Waals surface area contributed by atoms with Gasteiger partial charge in [0, 0.05) is 36.5 Å². The molecular formula is C23H23N3O4S. The second-order valence-electron chi connectivity index (χ2n) is 8.84. The lowest BCUT2D eigenvalue weighted by atomic mass is 9.97. The molecule has 0 radical (unpaired) electrons. The Balaban J connectivity index is 2.02. The molecule has 7 nitrogen and oxygen atoms in total. The van der Waals surface area contributed by atoms with Crippen LogP contribution in [0.4, 0.5) is 0 Å². The molecule has 0 amide bonds. The Morgan fingerprint density at radius 3 is 2.55 bits per heavy atom. The Kier molecular flexibility index (Phi) is 5.05. The first-order valence-electron chi connectivity index (χ1n) is 9.89. The van der Waals surface area contributed by atoms with E-state index in [0.29, 0.717) is 22.7 Å². The topological polar surface area (TPSA) is 94.2 Å². The van der Waals surface area contributed by atoms with Gasteiger partial charge in [-0.2, -0.15) is 0 Å². The smallest absolute Gasteiger partial charge is 0.337 e. The van der Waals surface area contributed by atoms with E-state index in [1.165, 1.54) is 23.0 Å². The number of thiophene rings is 1. The van der Waals surface area contributed by atoms with Gasteiger partial charge in [-0.3, -0.25) is 18.9 Å². The van der Waals surface area contributed by atoms with Crippen LogP contribution in [0.1, 0.15) is 41.6 Å². The molecule has 0 bridgehead atoms. The number of hydrogen-bond acceptors (Lipinski definition) is 5.